The largest absolute Gasteiger partial charge is 0.496 e. The summed E-state index contributed by atoms with van der Waals surface area (Å²) in [7, 11) is 1.69. The highest BCUT2D eigenvalue weighted by atomic mass is 32.2. The van der Waals surface area contributed by atoms with Crippen molar-refractivity contribution in [2.75, 3.05) is 13.7 Å². The Kier molecular flexibility index (Phi) is 7.19. The first-order chi connectivity index (χ1) is 11.6. The molecule has 2 rings (SSSR count). The molecule has 24 heavy (non-hydrogen) atoms. The molecule has 1 atom stereocenters. The Morgan fingerprint density at radius 3 is 2.58 bits per heavy atom. The highest BCUT2D eigenvalue weighted by molar-refractivity contribution is 8.00. The summed E-state index contributed by atoms with van der Waals surface area (Å²) < 4.78 is 5.35. The minimum atomic E-state index is -0.0982. The molecule has 2 aromatic carbocycles. The number of thioether (sulfide) groups is 1. The zero-order valence-corrected chi connectivity index (χ0v) is 15.4. The van der Waals surface area contributed by atoms with Crippen molar-refractivity contribution >= 4 is 17.7 Å². The minimum absolute atomic E-state index is 0.0839. The quantitative estimate of drug-likeness (QED) is 0.576. The number of benzene rings is 2. The van der Waals surface area contributed by atoms with Crippen LogP contribution in [0.2, 0.25) is 0 Å². The van der Waals surface area contributed by atoms with Crippen molar-refractivity contribution in [2.45, 2.75) is 36.8 Å². The van der Waals surface area contributed by atoms with Crippen LogP contribution in [0.3, 0.4) is 0 Å². The van der Waals surface area contributed by atoms with Gasteiger partial charge in [0.2, 0.25) is 5.91 Å². The van der Waals surface area contributed by atoms with Crippen molar-refractivity contribution in [3.05, 3.63) is 59.7 Å². The van der Waals surface area contributed by atoms with Crippen LogP contribution in [-0.2, 0) is 11.2 Å². The number of rotatable bonds is 8. The summed E-state index contributed by atoms with van der Waals surface area (Å²) in [5.74, 6) is 0.993. The van der Waals surface area contributed by atoms with E-state index >= 15 is 0 Å². The van der Waals surface area contributed by atoms with Gasteiger partial charge in [0.15, 0.2) is 0 Å². The zero-order chi connectivity index (χ0) is 17.4. The van der Waals surface area contributed by atoms with E-state index < -0.39 is 0 Å². The Morgan fingerprint density at radius 2 is 1.88 bits per heavy atom. The monoisotopic (exact) mass is 343 g/mol. The standard InChI is InChI=1S/C20H25NO2S/c1-15-10-12-18(13-11-15)24-16(2)20(22)21-14-6-8-17-7-4-5-9-19(17)23-3/h4-5,7,9-13,16H,6,8,14H2,1-3H3,(H,21,22)/t16-/m1/s1. The number of para-hydroxylation sites is 1. The van der Waals surface area contributed by atoms with Crippen molar-refractivity contribution in [1.82, 2.24) is 5.32 Å². The number of hydrogen-bond donors (Lipinski definition) is 1. The van der Waals surface area contributed by atoms with E-state index in [4.69, 9.17) is 4.74 Å². The number of nitrogens with one attached hydrogen (secondary N) is 1. The first kappa shape index (κ1) is 18.4. The van der Waals surface area contributed by atoms with Gasteiger partial charge in [-0.1, -0.05) is 35.9 Å². The number of amides is 1. The molecule has 0 bridgehead atoms. The van der Waals surface area contributed by atoms with Gasteiger partial charge in [0.05, 0.1) is 12.4 Å². The second kappa shape index (κ2) is 9.38. The van der Waals surface area contributed by atoms with Gasteiger partial charge in [0.1, 0.15) is 5.75 Å². The Balaban J connectivity index is 1.73. The van der Waals surface area contributed by atoms with E-state index in [0.717, 1.165) is 23.5 Å². The molecule has 0 aliphatic rings. The second-order valence-electron chi connectivity index (χ2n) is 5.78. The molecule has 0 aliphatic carbocycles. The molecular formula is C20H25NO2S. The van der Waals surface area contributed by atoms with E-state index in [1.807, 2.05) is 25.1 Å². The molecule has 3 nitrogen and oxygen atoms in total. The molecule has 0 aliphatic heterocycles. The summed E-state index contributed by atoms with van der Waals surface area (Å²) in [6, 6.07) is 16.3. The number of aryl methyl sites for hydroxylation is 2. The highest BCUT2D eigenvalue weighted by Crippen LogP contribution is 2.23. The van der Waals surface area contributed by atoms with Gasteiger partial charge in [-0.25, -0.2) is 0 Å². The van der Waals surface area contributed by atoms with Gasteiger partial charge in [0, 0.05) is 11.4 Å². The lowest BCUT2D eigenvalue weighted by molar-refractivity contribution is -0.120. The van der Waals surface area contributed by atoms with Gasteiger partial charge >= 0.3 is 0 Å². The normalized spacial score (nSPS) is 11.8. The maximum atomic E-state index is 12.2. The van der Waals surface area contributed by atoms with Crippen molar-refractivity contribution < 1.29 is 9.53 Å². The molecule has 1 amide bonds. The summed E-state index contributed by atoms with van der Waals surface area (Å²) in [5, 5.41) is 2.92. The molecule has 0 spiro atoms. The summed E-state index contributed by atoms with van der Waals surface area (Å²) in [4.78, 5) is 13.3. The van der Waals surface area contributed by atoms with Crippen LogP contribution in [0.15, 0.2) is 53.4 Å². The van der Waals surface area contributed by atoms with Crippen molar-refractivity contribution in [1.29, 1.82) is 0 Å². The van der Waals surface area contributed by atoms with Gasteiger partial charge in [-0.3, -0.25) is 4.79 Å². The molecule has 0 heterocycles. The van der Waals surface area contributed by atoms with Crippen LogP contribution in [0, 0.1) is 6.92 Å². The van der Waals surface area contributed by atoms with Gasteiger partial charge in [-0.2, -0.15) is 0 Å². The Bertz CT molecular complexity index is 655. The number of methoxy groups -OCH3 is 1. The maximum absolute atomic E-state index is 12.2. The summed E-state index contributed by atoms with van der Waals surface area (Å²) >= 11 is 1.59. The minimum Gasteiger partial charge on any atom is -0.496 e. The molecule has 1 N–H and O–H groups in total. The molecule has 0 saturated heterocycles. The Labute approximate surface area is 148 Å². The van der Waals surface area contributed by atoms with Gasteiger partial charge in [0.25, 0.3) is 0 Å². The van der Waals surface area contributed by atoms with E-state index in [1.54, 1.807) is 18.9 Å². The fraction of sp³-hybridized carbons (Fsp3) is 0.350. The maximum Gasteiger partial charge on any atom is 0.233 e. The van der Waals surface area contributed by atoms with E-state index in [1.165, 1.54) is 11.1 Å². The fourth-order valence-electron chi connectivity index (χ4n) is 2.42. The molecule has 4 heteroatoms. The van der Waals surface area contributed by atoms with Gasteiger partial charge < -0.3 is 10.1 Å². The summed E-state index contributed by atoms with van der Waals surface area (Å²) in [6.45, 7) is 4.68. The Morgan fingerprint density at radius 1 is 1.17 bits per heavy atom. The van der Waals surface area contributed by atoms with Crippen LogP contribution in [0.5, 0.6) is 5.75 Å². The molecule has 128 valence electrons. The average molecular weight is 343 g/mol. The first-order valence-corrected chi connectivity index (χ1v) is 9.11. The van der Waals surface area contributed by atoms with E-state index in [0.29, 0.717) is 6.54 Å². The predicted octanol–water partition coefficient (Wildman–Crippen LogP) is 4.23. The lowest BCUT2D eigenvalue weighted by atomic mass is 10.1. The fourth-order valence-corrected chi connectivity index (χ4v) is 3.31. The molecule has 2 aromatic rings. The number of ether oxygens (including phenoxy) is 1. The van der Waals surface area contributed by atoms with Crippen molar-refractivity contribution in [3.8, 4) is 5.75 Å². The molecular weight excluding hydrogens is 318 g/mol. The third-order valence-corrected chi connectivity index (χ3v) is 4.93. The van der Waals surface area contributed by atoms with Crippen molar-refractivity contribution in [2.24, 2.45) is 0 Å². The predicted molar refractivity (Wildman–Crippen MR) is 101 cm³/mol. The van der Waals surface area contributed by atoms with Gasteiger partial charge in [-0.15, -0.1) is 11.8 Å². The van der Waals surface area contributed by atoms with E-state index in [2.05, 4.69) is 42.6 Å². The average Bonchev–Trinajstić information content (AvgIpc) is 2.60. The second-order valence-corrected chi connectivity index (χ2v) is 7.19. The van der Waals surface area contributed by atoms with Crippen LogP contribution in [0.25, 0.3) is 0 Å². The van der Waals surface area contributed by atoms with Gasteiger partial charge in [-0.05, 0) is 50.5 Å². The number of carbonyl (C=O) groups excluding carboxylic acids is 1. The smallest absolute Gasteiger partial charge is 0.233 e. The number of hydrogen-bond acceptors (Lipinski definition) is 3. The SMILES string of the molecule is COc1ccccc1CCCNC(=O)[C@@H](C)Sc1ccc(C)cc1. The molecule has 0 aromatic heterocycles. The zero-order valence-electron chi connectivity index (χ0n) is 14.5. The lowest BCUT2D eigenvalue weighted by Gasteiger charge is -2.13. The van der Waals surface area contributed by atoms with Crippen LogP contribution in [-0.4, -0.2) is 24.8 Å². The van der Waals surface area contributed by atoms with Crippen LogP contribution < -0.4 is 10.1 Å². The number of carbonyl (C=O) groups is 1. The van der Waals surface area contributed by atoms with Crippen molar-refractivity contribution in [3.63, 3.8) is 0 Å². The summed E-state index contributed by atoms with van der Waals surface area (Å²) in [6.07, 6.45) is 1.79. The van der Waals surface area contributed by atoms with E-state index in [9.17, 15) is 4.79 Å². The summed E-state index contributed by atoms with van der Waals surface area (Å²) in [5.41, 5.74) is 2.41. The van der Waals surface area contributed by atoms with Crippen LogP contribution in [0.4, 0.5) is 0 Å². The molecule has 0 unspecified atom stereocenters. The van der Waals surface area contributed by atoms with Crippen LogP contribution >= 0.6 is 11.8 Å². The molecule has 0 radical (unpaired) electrons. The Hall–Kier alpha value is -1.94. The lowest BCUT2D eigenvalue weighted by Crippen LogP contribution is -2.31. The third kappa shape index (κ3) is 5.60. The topological polar surface area (TPSA) is 38.3 Å². The highest BCUT2D eigenvalue weighted by Gasteiger charge is 2.13. The van der Waals surface area contributed by atoms with E-state index in [-0.39, 0.29) is 11.2 Å². The first-order valence-electron chi connectivity index (χ1n) is 8.23. The molecule has 0 saturated carbocycles. The molecule has 0 fully saturated rings. The third-order valence-electron chi connectivity index (χ3n) is 3.82. The van der Waals surface area contributed by atoms with Crippen LogP contribution in [0.1, 0.15) is 24.5 Å².